The van der Waals surface area contributed by atoms with E-state index in [1.54, 1.807) is 0 Å². The second kappa shape index (κ2) is 8.48. The molecule has 5 nitrogen and oxygen atoms in total. The molecule has 136 valence electrons. The predicted octanol–water partition coefficient (Wildman–Crippen LogP) is 3.84. The van der Waals surface area contributed by atoms with Gasteiger partial charge in [-0.3, -0.25) is 0 Å². The van der Waals surface area contributed by atoms with Crippen LogP contribution in [0.4, 0.5) is 24.9 Å². The van der Waals surface area contributed by atoms with Gasteiger partial charge >= 0.3 is 6.18 Å². The van der Waals surface area contributed by atoms with Crippen LogP contribution < -0.4 is 10.6 Å². The number of anilines is 2. The van der Waals surface area contributed by atoms with Gasteiger partial charge in [-0.05, 0) is 31.8 Å². The van der Waals surface area contributed by atoms with Crippen molar-refractivity contribution in [2.75, 3.05) is 37.8 Å². The molecule has 1 aromatic heterocycles. The number of nitrogens with one attached hydrogen (secondary N) is 2. The number of likely N-dealkylation sites (N-methyl/N-ethyl adjacent to an activating group) is 1. The van der Waals surface area contributed by atoms with Crippen molar-refractivity contribution in [3.63, 3.8) is 0 Å². The smallest absolute Gasteiger partial charge is 0.366 e. The van der Waals surface area contributed by atoms with Crippen molar-refractivity contribution < 1.29 is 13.2 Å². The molecule has 0 saturated heterocycles. The molecule has 0 unspecified atom stereocenters. The van der Waals surface area contributed by atoms with Gasteiger partial charge in [0.15, 0.2) is 5.69 Å². The first-order chi connectivity index (χ1) is 11.7. The highest BCUT2D eigenvalue weighted by atomic mass is 79.9. The summed E-state index contributed by atoms with van der Waals surface area (Å²) in [5.41, 5.74) is -0.0599. The average Bonchev–Trinajstić information content (AvgIpc) is 2.52. The van der Waals surface area contributed by atoms with Crippen LogP contribution in [0.25, 0.3) is 0 Å². The Labute approximate surface area is 152 Å². The maximum atomic E-state index is 13.1. The van der Waals surface area contributed by atoms with E-state index in [0.29, 0.717) is 19.6 Å². The molecule has 0 fully saturated rings. The van der Waals surface area contributed by atoms with Crippen LogP contribution in [0.1, 0.15) is 11.3 Å². The number of hydrogen-bond acceptors (Lipinski definition) is 5. The highest BCUT2D eigenvalue weighted by Crippen LogP contribution is 2.29. The lowest BCUT2D eigenvalue weighted by Crippen LogP contribution is -2.22. The zero-order chi connectivity index (χ0) is 18.4. The minimum absolute atomic E-state index is 0.0478. The summed E-state index contributed by atoms with van der Waals surface area (Å²) < 4.78 is 40.1. The largest absolute Gasteiger partial charge is 0.433 e. The van der Waals surface area contributed by atoms with Gasteiger partial charge in [0, 0.05) is 30.2 Å². The van der Waals surface area contributed by atoms with Crippen molar-refractivity contribution in [2.45, 2.75) is 12.7 Å². The molecule has 1 heterocycles. The molecular formula is C16H19BrF3N5. The summed E-state index contributed by atoms with van der Waals surface area (Å²) in [4.78, 5) is 9.58. The Bertz CT molecular complexity index is 706. The zero-order valence-corrected chi connectivity index (χ0v) is 15.4. The molecule has 2 N–H and O–H groups in total. The lowest BCUT2D eigenvalue weighted by molar-refractivity contribution is -0.141. The van der Waals surface area contributed by atoms with Crippen molar-refractivity contribution >= 4 is 27.7 Å². The molecule has 0 spiro atoms. The van der Waals surface area contributed by atoms with Gasteiger partial charge in [-0.1, -0.05) is 28.1 Å². The van der Waals surface area contributed by atoms with Gasteiger partial charge in [-0.25, -0.2) is 4.98 Å². The number of rotatable bonds is 7. The maximum absolute atomic E-state index is 13.1. The molecule has 2 aromatic rings. The van der Waals surface area contributed by atoms with Gasteiger partial charge < -0.3 is 15.5 Å². The first-order valence-corrected chi connectivity index (χ1v) is 8.36. The topological polar surface area (TPSA) is 53.1 Å². The van der Waals surface area contributed by atoms with Crippen molar-refractivity contribution in [2.24, 2.45) is 0 Å². The molecular weight excluding hydrogens is 399 g/mol. The number of hydrogen-bond donors (Lipinski definition) is 2. The molecule has 0 atom stereocenters. The molecule has 0 radical (unpaired) electrons. The summed E-state index contributed by atoms with van der Waals surface area (Å²) in [6.07, 6.45) is -4.53. The number of halogens is 4. The minimum Gasteiger partial charge on any atom is -0.366 e. The molecule has 0 saturated carbocycles. The van der Waals surface area contributed by atoms with Gasteiger partial charge in [-0.2, -0.15) is 18.2 Å². The Hall–Kier alpha value is -1.87. The van der Waals surface area contributed by atoms with E-state index in [9.17, 15) is 13.2 Å². The third kappa shape index (κ3) is 6.50. The first-order valence-electron chi connectivity index (χ1n) is 7.57. The standard InChI is InChI=1S/C16H19BrF3N5/c1-25(2)7-6-21-15-23-13(16(18,19)20)9-14(24-15)22-10-11-4-3-5-12(17)8-11/h3-5,8-9H,6-7,10H2,1-2H3,(H2,21,22,23,24). The fraction of sp³-hybridized carbons (Fsp3) is 0.375. The monoisotopic (exact) mass is 417 g/mol. The van der Waals surface area contributed by atoms with Gasteiger partial charge in [0.05, 0.1) is 0 Å². The first kappa shape index (κ1) is 19.5. The third-order valence-electron chi connectivity index (χ3n) is 3.22. The Morgan fingerprint density at radius 3 is 2.52 bits per heavy atom. The molecule has 0 bridgehead atoms. The van der Waals surface area contributed by atoms with E-state index in [-0.39, 0.29) is 11.8 Å². The molecule has 0 aliphatic rings. The van der Waals surface area contributed by atoms with E-state index in [1.165, 1.54) is 0 Å². The van der Waals surface area contributed by atoms with E-state index in [0.717, 1.165) is 16.1 Å². The SMILES string of the molecule is CN(C)CCNc1nc(NCc2cccc(Br)c2)cc(C(F)(F)F)n1. The Balaban J connectivity index is 2.14. The number of nitrogens with zero attached hydrogens (tertiary/aromatic N) is 3. The molecule has 0 amide bonds. The summed E-state index contributed by atoms with van der Waals surface area (Å²) in [6.45, 7) is 1.45. The van der Waals surface area contributed by atoms with Gasteiger partial charge in [0.25, 0.3) is 0 Å². The lowest BCUT2D eigenvalue weighted by Gasteiger charge is -2.14. The van der Waals surface area contributed by atoms with Crippen molar-refractivity contribution in [3.8, 4) is 0 Å². The molecule has 0 aliphatic carbocycles. The van der Waals surface area contributed by atoms with E-state index in [1.807, 2.05) is 43.3 Å². The summed E-state index contributed by atoms with van der Waals surface area (Å²) in [5.74, 6) is 0.0723. The minimum atomic E-state index is -4.53. The highest BCUT2D eigenvalue weighted by molar-refractivity contribution is 9.10. The maximum Gasteiger partial charge on any atom is 0.433 e. The van der Waals surface area contributed by atoms with Crippen LogP contribution in [0.2, 0.25) is 0 Å². The van der Waals surface area contributed by atoms with E-state index in [2.05, 4.69) is 36.5 Å². The highest BCUT2D eigenvalue weighted by Gasteiger charge is 2.33. The fourth-order valence-electron chi connectivity index (χ4n) is 1.99. The number of aromatic nitrogens is 2. The van der Waals surface area contributed by atoms with Crippen LogP contribution in [-0.4, -0.2) is 42.1 Å². The Morgan fingerprint density at radius 2 is 1.88 bits per heavy atom. The zero-order valence-electron chi connectivity index (χ0n) is 13.9. The molecule has 0 aliphatic heterocycles. The predicted molar refractivity (Wildman–Crippen MR) is 95.5 cm³/mol. The van der Waals surface area contributed by atoms with Crippen LogP contribution in [0.15, 0.2) is 34.8 Å². The van der Waals surface area contributed by atoms with Crippen LogP contribution in [0, 0.1) is 0 Å². The molecule has 2 rings (SSSR count). The van der Waals surface area contributed by atoms with Crippen molar-refractivity contribution in [3.05, 3.63) is 46.1 Å². The van der Waals surface area contributed by atoms with E-state index >= 15 is 0 Å². The molecule has 1 aromatic carbocycles. The second-order valence-corrected chi connectivity index (χ2v) is 6.59. The summed E-state index contributed by atoms with van der Waals surface area (Å²) in [7, 11) is 3.75. The average molecular weight is 418 g/mol. The van der Waals surface area contributed by atoms with Crippen molar-refractivity contribution in [1.82, 2.24) is 14.9 Å². The van der Waals surface area contributed by atoms with Crippen molar-refractivity contribution in [1.29, 1.82) is 0 Å². The number of benzene rings is 1. The van der Waals surface area contributed by atoms with E-state index in [4.69, 9.17) is 0 Å². The Kier molecular flexibility index (Phi) is 6.60. The Morgan fingerprint density at radius 1 is 1.12 bits per heavy atom. The van der Waals surface area contributed by atoms with Crippen LogP contribution in [0.5, 0.6) is 0 Å². The van der Waals surface area contributed by atoms with E-state index < -0.39 is 11.9 Å². The van der Waals surface area contributed by atoms with Crippen LogP contribution in [-0.2, 0) is 12.7 Å². The third-order valence-corrected chi connectivity index (χ3v) is 3.71. The second-order valence-electron chi connectivity index (χ2n) is 5.67. The fourth-order valence-corrected chi connectivity index (χ4v) is 2.44. The summed E-state index contributed by atoms with van der Waals surface area (Å²) in [6, 6.07) is 8.41. The van der Waals surface area contributed by atoms with Crippen LogP contribution in [0.3, 0.4) is 0 Å². The van der Waals surface area contributed by atoms with Gasteiger partial charge in [0.2, 0.25) is 5.95 Å². The number of alkyl halides is 3. The molecule has 25 heavy (non-hydrogen) atoms. The summed E-state index contributed by atoms with van der Waals surface area (Å²) in [5, 5.41) is 5.74. The van der Waals surface area contributed by atoms with Gasteiger partial charge in [0.1, 0.15) is 5.82 Å². The summed E-state index contributed by atoms with van der Waals surface area (Å²) >= 11 is 3.36. The normalized spacial score (nSPS) is 11.6. The quantitative estimate of drug-likeness (QED) is 0.716. The van der Waals surface area contributed by atoms with Gasteiger partial charge in [-0.15, -0.1) is 0 Å². The molecule has 9 heteroatoms. The lowest BCUT2D eigenvalue weighted by atomic mass is 10.2. The van der Waals surface area contributed by atoms with Crippen LogP contribution >= 0.6 is 15.9 Å².